The zero-order valence-electron chi connectivity index (χ0n) is 12.9. The summed E-state index contributed by atoms with van der Waals surface area (Å²) < 4.78 is 0. The second-order valence-corrected chi connectivity index (χ2v) is 5.86. The van der Waals surface area contributed by atoms with Crippen LogP contribution in [-0.2, 0) is 12.3 Å². The monoisotopic (exact) mass is 295 g/mol. The van der Waals surface area contributed by atoms with Crippen molar-refractivity contribution in [3.8, 4) is 0 Å². The van der Waals surface area contributed by atoms with E-state index in [1.54, 1.807) is 0 Å². The molecule has 1 aliphatic rings. The summed E-state index contributed by atoms with van der Waals surface area (Å²) in [5.74, 6) is 1.67. The maximum atomic E-state index is 6.00. The molecule has 0 aliphatic carbocycles. The van der Waals surface area contributed by atoms with Crippen molar-refractivity contribution in [3.05, 3.63) is 23.4 Å². The third-order valence-electron chi connectivity index (χ3n) is 4.29. The molecule has 0 saturated carbocycles. The number of halogens is 1. The van der Waals surface area contributed by atoms with Crippen LogP contribution in [0, 0.1) is 0 Å². The lowest BCUT2D eigenvalue weighted by atomic mass is 10.1. The van der Waals surface area contributed by atoms with Crippen LogP contribution in [0.3, 0.4) is 0 Å². The number of alkyl halides is 1. The molecule has 0 amide bonds. The van der Waals surface area contributed by atoms with E-state index in [1.807, 2.05) is 0 Å². The summed E-state index contributed by atoms with van der Waals surface area (Å²) in [5.41, 5.74) is 2.32. The van der Waals surface area contributed by atoms with Crippen LogP contribution in [0.15, 0.2) is 12.1 Å². The quantitative estimate of drug-likeness (QED) is 0.777. The predicted octanol–water partition coefficient (Wildman–Crippen LogP) is 3.30. The number of hydrogen-bond acceptors (Lipinski definition) is 3. The van der Waals surface area contributed by atoms with Crippen molar-refractivity contribution in [2.45, 2.75) is 45.5 Å². The van der Waals surface area contributed by atoms with Gasteiger partial charge in [0.05, 0.1) is 0 Å². The molecule has 1 saturated heterocycles. The van der Waals surface area contributed by atoms with E-state index in [0.717, 1.165) is 44.1 Å². The van der Waals surface area contributed by atoms with Crippen molar-refractivity contribution in [2.75, 3.05) is 31.1 Å². The van der Waals surface area contributed by atoms with Gasteiger partial charge in [-0.1, -0.05) is 13.8 Å². The minimum atomic E-state index is 0.565. The van der Waals surface area contributed by atoms with E-state index in [9.17, 15) is 0 Å². The van der Waals surface area contributed by atoms with E-state index < -0.39 is 0 Å². The summed E-state index contributed by atoms with van der Waals surface area (Å²) >= 11 is 6.00. The maximum Gasteiger partial charge on any atom is 0.129 e. The summed E-state index contributed by atoms with van der Waals surface area (Å²) in [6, 6.07) is 4.95. The summed E-state index contributed by atoms with van der Waals surface area (Å²) in [6.45, 7) is 11.1. The predicted molar refractivity (Wildman–Crippen MR) is 86.7 cm³/mol. The van der Waals surface area contributed by atoms with E-state index in [1.165, 1.54) is 12.0 Å². The Balaban J connectivity index is 2.06. The Kier molecular flexibility index (Phi) is 5.67. The summed E-state index contributed by atoms with van der Waals surface area (Å²) in [5, 5.41) is 0. The Hall–Kier alpha value is -0.800. The van der Waals surface area contributed by atoms with Crippen molar-refractivity contribution in [1.82, 2.24) is 9.88 Å². The highest BCUT2D eigenvalue weighted by molar-refractivity contribution is 6.17. The van der Waals surface area contributed by atoms with Gasteiger partial charge in [-0.05, 0) is 37.5 Å². The lowest BCUT2D eigenvalue weighted by Gasteiger charge is -2.38. The van der Waals surface area contributed by atoms with Crippen molar-refractivity contribution in [1.29, 1.82) is 0 Å². The number of anilines is 1. The second kappa shape index (κ2) is 7.28. The van der Waals surface area contributed by atoms with Gasteiger partial charge in [0.1, 0.15) is 5.82 Å². The van der Waals surface area contributed by atoms with E-state index in [2.05, 4.69) is 42.7 Å². The highest BCUT2D eigenvalue weighted by Crippen LogP contribution is 2.19. The number of rotatable bonds is 5. The van der Waals surface area contributed by atoms with Crippen LogP contribution in [0.5, 0.6) is 0 Å². The van der Waals surface area contributed by atoms with Crippen LogP contribution in [0.4, 0.5) is 5.82 Å². The molecule has 20 heavy (non-hydrogen) atoms. The SMILES string of the molecule is CCc1cc(CCl)cc(N2CCN(C(C)CC)CC2)n1. The number of piperazine rings is 1. The molecule has 1 aliphatic heterocycles. The summed E-state index contributed by atoms with van der Waals surface area (Å²) in [6.07, 6.45) is 2.19. The maximum absolute atomic E-state index is 6.00. The number of pyridine rings is 1. The van der Waals surface area contributed by atoms with Gasteiger partial charge >= 0.3 is 0 Å². The summed E-state index contributed by atoms with van der Waals surface area (Å²) in [4.78, 5) is 9.73. The van der Waals surface area contributed by atoms with Gasteiger partial charge in [-0.25, -0.2) is 4.98 Å². The van der Waals surface area contributed by atoms with E-state index >= 15 is 0 Å². The second-order valence-electron chi connectivity index (χ2n) is 5.59. The third-order valence-corrected chi connectivity index (χ3v) is 4.60. The Morgan fingerprint density at radius 1 is 1.20 bits per heavy atom. The first-order chi connectivity index (χ1) is 9.67. The Bertz CT molecular complexity index is 405. The molecular formula is C16H26ClN3. The van der Waals surface area contributed by atoms with Crippen LogP contribution >= 0.6 is 11.6 Å². The van der Waals surface area contributed by atoms with Gasteiger partial charge in [-0.2, -0.15) is 0 Å². The van der Waals surface area contributed by atoms with Crippen LogP contribution in [0.2, 0.25) is 0 Å². The van der Waals surface area contributed by atoms with Crippen LogP contribution in [0.1, 0.15) is 38.4 Å². The van der Waals surface area contributed by atoms with Crippen molar-refractivity contribution < 1.29 is 0 Å². The van der Waals surface area contributed by atoms with Gasteiger partial charge in [0.25, 0.3) is 0 Å². The van der Waals surface area contributed by atoms with Gasteiger partial charge in [-0.15, -0.1) is 11.6 Å². The van der Waals surface area contributed by atoms with Gasteiger partial charge in [0, 0.05) is 43.8 Å². The first-order valence-corrected chi connectivity index (χ1v) is 8.26. The highest BCUT2D eigenvalue weighted by Gasteiger charge is 2.21. The van der Waals surface area contributed by atoms with Crippen molar-refractivity contribution in [2.24, 2.45) is 0 Å². The molecule has 1 fully saturated rings. The van der Waals surface area contributed by atoms with Crippen molar-refractivity contribution >= 4 is 17.4 Å². The third kappa shape index (κ3) is 3.64. The topological polar surface area (TPSA) is 19.4 Å². The molecule has 1 atom stereocenters. The molecule has 0 spiro atoms. The molecule has 1 unspecified atom stereocenters. The minimum absolute atomic E-state index is 0.565. The fraction of sp³-hybridized carbons (Fsp3) is 0.688. The largest absolute Gasteiger partial charge is 0.354 e. The Labute approximate surface area is 127 Å². The van der Waals surface area contributed by atoms with E-state index in [4.69, 9.17) is 16.6 Å². The van der Waals surface area contributed by atoms with E-state index in [0.29, 0.717) is 11.9 Å². The fourth-order valence-electron chi connectivity index (χ4n) is 2.70. The smallest absolute Gasteiger partial charge is 0.129 e. The van der Waals surface area contributed by atoms with Crippen LogP contribution in [0.25, 0.3) is 0 Å². The molecule has 3 nitrogen and oxygen atoms in total. The van der Waals surface area contributed by atoms with Crippen LogP contribution in [-0.4, -0.2) is 42.1 Å². The molecule has 0 radical (unpaired) electrons. The fourth-order valence-corrected chi connectivity index (χ4v) is 2.86. The lowest BCUT2D eigenvalue weighted by molar-refractivity contribution is 0.192. The molecule has 1 aromatic heterocycles. The number of aryl methyl sites for hydroxylation is 1. The zero-order chi connectivity index (χ0) is 14.5. The minimum Gasteiger partial charge on any atom is -0.354 e. The first-order valence-electron chi connectivity index (χ1n) is 7.72. The standard InChI is InChI=1S/C16H26ClN3/c1-4-13(3)19-6-8-20(9-7-19)16-11-14(12-17)10-15(5-2)18-16/h10-11,13H,4-9,12H2,1-3H3. The number of nitrogens with zero attached hydrogens (tertiary/aromatic N) is 3. The molecule has 2 rings (SSSR count). The molecule has 1 aromatic rings. The van der Waals surface area contributed by atoms with E-state index in [-0.39, 0.29) is 0 Å². The molecule has 0 N–H and O–H groups in total. The highest BCUT2D eigenvalue weighted by atomic mass is 35.5. The Morgan fingerprint density at radius 3 is 2.45 bits per heavy atom. The zero-order valence-corrected chi connectivity index (χ0v) is 13.7. The lowest BCUT2D eigenvalue weighted by Crippen LogP contribution is -2.49. The van der Waals surface area contributed by atoms with Gasteiger partial charge in [0.15, 0.2) is 0 Å². The molecule has 2 heterocycles. The average Bonchev–Trinajstić information content (AvgIpc) is 2.53. The molecule has 4 heteroatoms. The molecular weight excluding hydrogens is 270 g/mol. The van der Waals surface area contributed by atoms with Gasteiger partial charge in [-0.3, -0.25) is 4.90 Å². The summed E-state index contributed by atoms with van der Waals surface area (Å²) in [7, 11) is 0. The van der Waals surface area contributed by atoms with Gasteiger partial charge in [0.2, 0.25) is 0 Å². The van der Waals surface area contributed by atoms with Crippen LogP contribution < -0.4 is 4.90 Å². The molecule has 112 valence electrons. The normalized spacial score (nSPS) is 18.3. The van der Waals surface area contributed by atoms with Crippen molar-refractivity contribution in [3.63, 3.8) is 0 Å². The molecule has 0 bridgehead atoms. The first kappa shape index (κ1) is 15.6. The number of hydrogen-bond donors (Lipinski definition) is 0. The average molecular weight is 296 g/mol. The molecule has 0 aromatic carbocycles. The number of aromatic nitrogens is 1. The Morgan fingerprint density at radius 2 is 1.90 bits per heavy atom. The van der Waals surface area contributed by atoms with Gasteiger partial charge < -0.3 is 4.90 Å².